The Labute approximate surface area is 146 Å². The second-order valence-corrected chi connectivity index (χ2v) is 6.74. The first-order valence-electron chi connectivity index (χ1n) is 5.78. The maximum Gasteiger partial charge on any atom is 0.234 e. The normalized spacial score (nSPS) is 10.5. The number of halogens is 4. The number of hydrogen-bond acceptors (Lipinski definition) is 2. The highest BCUT2D eigenvalue weighted by molar-refractivity contribution is 8.00. The lowest BCUT2D eigenvalue weighted by molar-refractivity contribution is -0.113. The minimum atomic E-state index is -0.185. The molecule has 2 rings (SSSR count). The summed E-state index contributed by atoms with van der Waals surface area (Å²) in [6.07, 6.45) is 0. The predicted molar refractivity (Wildman–Crippen MR) is 92.3 cm³/mol. The van der Waals surface area contributed by atoms with E-state index in [9.17, 15) is 4.79 Å². The van der Waals surface area contributed by atoms with Crippen molar-refractivity contribution in [3.63, 3.8) is 0 Å². The Bertz CT molecular complexity index is 661. The summed E-state index contributed by atoms with van der Waals surface area (Å²) >= 11 is 24.9. The third-order valence-corrected chi connectivity index (χ3v) is 4.77. The van der Waals surface area contributed by atoms with Gasteiger partial charge in [0.05, 0.1) is 26.5 Å². The van der Waals surface area contributed by atoms with E-state index in [0.29, 0.717) is 25.8 Å². The van der Waals surface area contributed by atoms with Crippen LogP contribution in [-0.4, -0.2) is 11.7 Å². The molecule has 0 saturated heterocycles. The molecule has 0 bridgehead atoms. The van der Waals surface area contributed by atoms with Gasteiger partial charge in [0, 0.05) is 9.92 Å². The van der Waals surface area contributed by atoms with Gasteiger partial charge in [-0.05, 0) is 36.4 Å². The van der Waals surface area contributed by atoms with E-state index in [4.69, 9.17) is 46.4 Å². The van der Waals surface area contributed by atoms with Crippen molar-refractivity contribution in [1.29, 1.82) is 0 Å². The summed E-state index contributed by atoms with van der Waals surface area (Å²) in [7, 11) is 0. The maximum atomic E-state index is 11.9. The molecule has 0 unspecified atom stereocenters. The smallest absolute Gasteiger partial charge is 0.234 e. The van der Waals surface area contributed by atoms with Gasteiger partial charge in [-0.3, -0.25) is 4.79 Å². The molecule has 0 fully saturated rings. The van der Waals surface area contributed by atoms with Gasteiger partial charge in [-0.1, -0.05) is 46.4 Å². The summed E-state index contributed by atoms with van der Waals surface area (Å²) in [5.74, 6) is 0.0633. The summed E-state index contributed by atoms with van der Waals surface area (Å²) in [6.45, 7) is 0. The van der Waals surface area contributed by atoms with Crippen molar-refractivity contribution in [1.82, 2.24) is 0 Å². The molecule has 0 saturated carbocycles. The Morgan fingerprint density at radius 1 is 0.952 bits per heavy atom. The molecule has 0 aliphatic rings. The average molecular weight is 381 g/mol. The van der Waals surface area contributed by atoms with Crippen molar-refractivity contribution in [3.05, 3.63) is 56.5 Å². The monoisotopic (exact) mass is 379 g/mol. The van der Waals surface area contributed by atoms with Crippen molar-refractivity contribution >= 4 is 69.8 Å². The number of benzene rings is 2. The fourth-order valence-electron chi connectivity index (χ4n) is 1.48. The third-order valence-electron chi connectivity index (χ3n) is 2.47. The predicted octanol–water partition coefficient (Wildman–Crippen LogP) is 6.03. The fraction of sp³-hybridized carbons (Fsp3) is 0.0714. The first-order valence-corrected chi connectivity index (χ1v) is 8.28. The molecular formula is C14H9Cl4NOS. The number of anilines is 1. The first-order chi connectivity index (χ1) is 9.95. The summed E-state index contributed by atoms with van der Waals surface area (Å²) in [5.41, 5.74) is 0.438. The van der Waals surface area contributed by atoms with Crippen LogP contribution >= 0.6 is 58.2 Å². The second-order valence-electron chi connectivity index (χ2n) is 4.04. The van der Waals surface area contributed by atoms with E-state index < -0.39 is 0 Å². The van der Waals surface area contributed by atoms with Crippen LogP contribution < -0.4 is 5.32 Å². The summed E-state index contributed by atoms with van der Waals surface area (Å²) in [6, 6.07) is 10.3. The minimum Gasteiger partial charge on any atom is -0.324 e. The molecule has 1 N–H and O–H groups in total. The molecule has 0 aliphatic carbocycles. The SMILES string of the molecule is O=C(CSc1ccc(Cl)cc1)Nc1cc(Cl)c(Cl)cc1Cl. The molecule has 0 atom stereocenters. The van der Waals surface area contributed by atoms with Gasteiger partial charge in [-0.25, -0.2) is 0 Å². The van der Waals surface area contributed by atoms with Crippen molar-refractivity contribution in [2.24, 2.45) is 0 Å². The van der Waals surface area contributed by atoms with Gasteiger partial charge in [0.2, 0.25) is 5.91 Å². The van der Waals surface area contributed by atoms with Crippen LogP contribution in [0.1, 0.15) is 0 Å². The molecular weight excluding hydrogens is 372 g/mol. The summed E-state index contributed by atoms with van der Waals surface area (Å²) in [5, 5.41) is 4.38. The van der Waals surface area contributed by atoms with Crippen LogP contribution in [0.4, 0.5) is 5.69 Å². The van der Waals surface area contributed by atoms with E-state index in [-0.39, 0.29) is 11.7 Å². The number of rotatable bonds is 4. The summed E-state index contributed by atoms with van der Waals surface area (Å²) < 4.78 is 0. The molecule has 2 aromatic rings. The van der Waals surface area contributed by atoms with E-state index in [1.165, 1.54) is 23.9 Å². The Kier molecular flexibility index (Phi) is 6.08. The van der Waals surface area contributed by atoms with Crippen molar-refractivity contribution < 1.29 is 4.79 Å². The number of carbonyl (C=O) groups excluding carboxylic acids is 1. The van der Waals surface area contributed by atoms with Crippen molar-refractivity contribution in [3.8, 4) is 0 Å². The van der Waals surface area contributed by atoms with Gasteiger partial charge in [-0.15, -0.1) is 11.8 Å². The number of hydrogen-bond donors (Lipinski definition) is 1. The zero-order valence-corrected chi connectivity index (χ0v) is 14.3. The lowest BCUT2D eigenvalue weighted by Crippen LogP contribution is -2.14. The number of amides is 1. The van der Waals surface area contributed by atoms with Gasteiger partial charge < -0.3 is 5.32 Å². The highest BCUT2D eigenvalue weighted by Gasteiger charge is 2.09. The standard InChI is InChI=1S/C14H9Cl4NOS/c15-8-1-3-9(4-2-8)21-7-14(20)19-13-6-11(17)10(16)5-12(13)18/h1-6H,7H2,(H,19,20). The molecule has 2 aromatic carbocycles. The Morgan fingerprint density at radius 2 is 1.57 bits per heavy atom. The molecule has 110 valence electrons. The number of thioether (sulfide) groups is 1. The zero-order chi connectivity index (χ0) is 15.4. The highest BCUT2D eigenvalue weighted by atomic mass is 35.5. The number of carbonyl (C=O) groups is 1. The van der Waals surface area contributed by atoms with Crippen molar-refractivity contribution in [2.45, 2.75) is 4.90 Å². The van der Waals surface area contributed by atoms with E-state index in [1.807, 2.05) is 12.1 Å². The largest absolute Gasteiger partial charge is 0.324 e. The molecule has 0 aliphatic heterocycles. The topological polar surface area (TPSA) is 29.1 Å². The lowest BCUT2D eigenvalue weighted by Gasteiger charge is -2.08. The van der Waals surface area contributed by atoms with Crippen LogP contribution in [0.5, 0.6) is 0 Å². The lowest BCUT2D eigenvalue weighted by atomic mass is 10.3. The fourth-order valence-corrected chi connectivity index (χ4v) is 2.90. The molecule has 7 heteroatoms. The van der Waals surface area contributed by atoms with E-state index in [1.54, 1.807) is 12.1 Å². The van der Waals surface area contributed by atoms with Gasteiger partial charge in [0.15, 0.2) is 0 Å². The Balaban J connectivity index is 1.96. The van der Waals surface area contributed by atoms with Crippen LogP contribution in [-0.2, 0) is 4.79 Å². The molecule has 0 radical (unpaired) electrons. The first kappa shape index (κ1) is 16.8. The Hall–Kier alpha value is -0.580. The molecule has 1 amide bonds. The third kappa shape index (κ3) is 4.97. The van der Waals surface area contributed by atoms with Crippen LogP contribution in [0.2, 0.25) is 20.1 Å². The maximum absolute atomic E-state index is 11.9. The van der Waals surface area contributed by atoms with Crippen LogP contribution in [0, 0.1) is 0 Å². The van der Waals surface area contributed by atoms with Crippen LogP contribution in [0.25, 0.3) is 0 Å². The van der Waals surface area contributed by atoms with Crippen LogP contribution in [0.15, 0.2) is 41.3 Å². The highest BCUT2D eigenvalue weighted by Crippen LogP contribution is 2.32. The minimum absolute atomic E-state index is 0.185. The molecule has 0 heterocycles. The number of nitrogens with one attached hydrogen (secondary N) is 1. The van der Waals surface area contributed by atoms with Crippen LogP contribution in [0.3, 0.4) is 0 Å². The molecule has 0 spiro atoms. The van der Waals surface area contributed by atoms with Gasteiger partial charge in [0.25, 0.3) is 0 Å². The van der Waals surface area contributed by atoms with E-state index in [0.717, 1.165) is 4.90 Å². The van der Waals surface area contributed by atoms with E-state index in [2.05, 4.69) is 5.32 Å². The van der Waals surface area contributed by atoms with Gasteiger partial charge in [0.1, 0.15) is 0 Å². The molecule has 0 aromatic heterocycles. The Morgan fingerprint density at radius 3 is 2.24 bits per heavy atom. The summed E-state index contributed by atoms with van der Waals surface area (Å²) in [4.78, 5) is 12.9. The second kappa shape index (κ2) is 7.61. The average Bonchev–Trinajstić information content (AvgIpc) is 2.44. The van der Waals surface area contributed by atoms with Gasteiger partial charge >= 0.3 is 0 Å². The zero-order valence-electron chi connectivity index (χ0n) is 10.5. The molecule has 21 heavy (non-hydrogen) atoms. The molecule has 2 nitrogen and oxygen atoms in total. The quantitative estimate of drug-likeness (QED) is 0.518. The van der Waals surface area contributed by atoms with E-state index >= 15 is 0 Å². The van der Waals surface area contributed by atoms with Gasteiger partial charge in [-0.2, -0.15) is 0 Å². The van der Waals surface area contributed by atoms with Crippen molar-refractivity contribution in [2.75, 3.05) is 11.1 Å².